The minimum Gasteiger partial charge on any atom is -0.368 e. The van der Waals surface area contributed by atoms with Crippen LogP contribution in [0, 0.1) is 11.7 Å². The van der Waals surface area contributed by atoms with E-state index in [9.17, 15) is 24.0 Å². The summed E-state index contributed by atoms with van der Waals surface area (Å²) in [4.78, 5) is 81.7. The maximum Gasteiger partial charge on any atom is 0.274 e. The maximum atomic E-state index is 15.1. The number of aryl methyl sites for hydroxylation is 1. The van der Waals surface area contributed by atoms with Crippen molar-refractivity contribution in [1.82, 2.24) is 45.0 Å². The van der Waals surface area contributed by atoms with Gasteiger partial charge in [-0.05, 0) is 112 Å². The molecule has 0 atom stereocenters. The van der Waals surface area contributed by atoms with Gasteiger partial charge in [0.2, 0.25) is 11.8 Å². The fourth-order valence-corrected chi connectivity index (χ4v) is 11.6. The number of H-pyrrole nitrogens is 1. The van der Waals surface area contributed by atoms with Crippen LogP contribution in [0.5, 0.6) is 0 Å². The zero-order valence-electron chi connectivity index (χ0n) is 42.1. The van der Waals surface area contributed by atoms with E-state index in [2.05, 4.69) is 56.6 Å². The van der Waals surface area contributed by atoms with Crippen LogP contribution in [0.3, 0.4) is 0 Å². The molecule has 10 rings (SSSR count). The van der Waals surface area contributed by atoms with Gasteiger partial charge in [0.05, 0.1) is 46.6 Å². The number of anilines is 1. The molecular formula is C56H67FN10O6. The Kier molecular flexibility index (Phi) is 14.8. The van der Waals surface area contributed by atoms with Crippen molar-refractivity contribution in [2.45, 2.75) is 76.4 Å². The molecule has 0 spiro atoms. The number of nitrogens with zero attached hydrogens (tertiary/aromatic N) is 7. The molecule has 3 N–H and O–H groups in total. The highest BCUT2D eigenvalue weighted by molar-refractivity contribution is 6.03. The van der Waals surface area contributed by atoms with Crippen LogP contribution in [0.1, 0.15) is 90.0 Å². The van der Waals surface area contributed by atoms with Crippen molar-refractivity contribution in [3.05, 3.63) is 123 Å². The van der Waals surface area contributed by atoms with Crippen LogP contribution in [-0.2, 0) is 27.2 Å². The number of piperidine rings is 1. The second-order valence-electron chi connectivity index (χ2n) is 21.1. The second-order valence-corrected chi connectivity index (χ2v) is 21.1. The Bertz CT molecular complexity index is 2910. The molecule has 5 aliphatic heterocycles. The molecular weight excluding hydrogens is 928 g/mol. The molecule has 17 heteroatoms. The molecule has 7 heterocycles. The highest BCUT2D eigenvalue weighted by Crippen LogP contribution is 2.50. The van der Waals surface area contributed by atoms with Gasteiger partial charge in [-0.15, -0.1) is 0 Å². The lowest BCUT2D eigenvalue weighted by atomic mass is 9.83. The number of nitrogens with one attached hydrogen (secondary N) is 3. The molecule has 4 amide bonds. The van der Waals surface area contributed by atoms with Gasteiger partial charge in [-0.1, -0.05) is 55.5 Å². The average molecular weight is 995 g/mol. The number of hydrogen-bond donors (Lipinski definition) is 3. The first kappa shape index (κ1) is 50.1. The molecule has 5 saturated heterocycles. The highest BCUT2D eigenvalue weighted by Gasteiger charge is 2.52. The van der Waals surface area contributed by atoms with Crippen molar-refractivity contribution >= 4 is 40.1 Å². The van der Waals surface area contributed by atoms with Gasteiger partial charge in [0.15, 0.2) is 5.69 Å². The van der Waals surface area contributed by atoms with E-state index in [1.165, 1.54) is 11.6 Å². The summed E-state index contributed by atoms with van der Waals surface area (Å²) in [6, 6.07) is 21.8. The lowest BCUT2D eigenvalue weighted by Gasteiger charge is -2.39. The van der Waals surface area contributed by atoms with E-state index in [0.717, 1.165) is 88.8 Å². The van der Waals surface area contributed by atoms with E-state index in [1.807, 2.05) is 35.2 Å². The van der Waals surface area contributed by atoms with Crippen LogP contribution in [-0.4, -0.2) is 166 Å². The van der Waals surface area contributed by atoms with Gasteiger partial charge in [0.1, 0.15) is 5.82 Å². The van der Waals surface area contributed by atoms with Crippen molar-refractivity contribution in [3.63, 3.8) is 0 Å². The third-order valence-electron chi connectivity index (χ3n) is 16.0. The minimum absolute atomic E-state index is 0.0250. The summed E-state index contributed by atoms with van der Waals surface area (Å²) in [6.07, 6.45) is 8.94. The quantitative estimate of drug-likeness (QED) is 0.123. The SMILES string of the molecule is CCc1cccc(-c2cnc(C(=O)N3CCN(CC4CCN(CC(=O)N5CCN(C(=O)c6cc(Cc7n[nH]c(=O)c8ccccc78)ccc6F)CC5)CC4)CC3)c(NC(=O)CNCC34CCC(C)(CC3)O4)c2)c1. The predicted octanol–water partition coefficient (Wildman–Crippen LogP) is 5.36. The topological polar surface area (TPSA) is 176 Å². The Morgan fingerprint density at radius 2 is 1.48 bits per heavy atom. The van der Waals surface area contributed by atoms with Gasteiger partial charge in [-0.25, -0.2) is 14.5 Å². The summed E-state index contributed by atoms with van der Waals surface area (Å²) >= 11 is 0. The van der Waals surface area contributed by atoms with Gasteiger partial charge in [0, 0.05) is 89.0 Å². The number of halogens is 1. The number of amides is 4. The third kappa shape index (κ3) is 11.4. The molecule has 2 bridgehead atoms. The Morgan fingerprint density at radius 1 is 0.767 bits per heavy atom. The number of fused-ring (bicyclic) bond motifs is 3. The second kappa shape index (κ2) is 21.6. The summed E-state index contributed by atoms with van der Waals surface area (Å²) < 4.78 is 21.5. The van der Waals surface area contributed by atoms with E-state index < -0.39 is 11.7 Å². The Balaban J connectivity index is 0.671. The first-order chi connectivity index (χ1) is 35.3. The average Bonchev–Trinajstić information content (AvgIpc) is 3.93. The summed E-state index contributed by atoms with van der Waals surface area (Å²) in [6.45, 7) is 11.8. The fourth-order valence-electron chi connectivity index (χ4n) is 11.6. The maximum absolute atomic E-state index is 15.1. The van der Waals surface area contributed by atoms with Crippen LogP contribution in [0.15, 0.2) is 83.8 Å². The van der Waals surface area contributed by atoms with Crippen molar-refractivity contribution in [3.8, 4) is 11.1 Å². The molecule has 5 aliphatic rings. The third-order valence-corrected chi connectivity index (χ3v) is 16.0. The normalized spacial score (nSPS) is 21.8. The number of aromatic amines is 1. The molecule has 3 aromatic carbocycles. The number of benzene rings is 3. The standard InChI is InChI=1S/C56H67FN10O6/c1-3-38-7-6-8-41(29-38)42-32-48(60-49(68)34-58-37-56-17-15-55(2,73-56)16-18-56)51(59-33-42)54(72)67-23-21-64(22-24-67)35-39-13-19-63(20-14-39)36-50(69)65-25-27-66(28-26-65)53(71)45-30-40(11-12-46(45)57)31-47-43-9-4-5-10-44(43)52(70)62-61-47/h4-12,29-30,32-33,39,58H,3,13-28,31,34-37H2,1-2H3,(H,60,68)(H,62,70). The fraction of sp³-hybridized carbons (Fsp3) is 0.482. The first-order valence-corrected chi connectivity index (χ1v) is 26.2. The van der Waals surface area contributed by atoms with E-state index in [-0.39, 0.29) is 52.3 Å². The lowest BCUT2D eigenvalue weighted by molar-refractivity contribution is -0.134. The molecule has 5 aromatic rings. The van der Waals surface area contributed by atoms with Gasteiger partial charge in [0.25, 0.3) is 17.4 Å². The molecule has 2 aromatic heterocycles. The lowest BCUT2D eigenvalue weighted by Crippen LogP contribution is -2.53. The van der Waals surface area contributed by atoms with E-state index in [0.29, 0.717) is 92.4 Å². The zero-order chi connectivity index (χ0) is 50.7. The number of rotatable bonds is 15. The molecule has 73 heavy (non-hydrogen) atoms. The number of hydrogen-bond acceptors (Lipinski definition) is 11. The van der Waals surface area contributed by atoms with E-state index in [1.54, 1.807) is 40.3 Å². The summed E-state index contributed by atoms with van der Waals surface area (Å²) in [7, 11) is 0. The number of carbonyl (C=O) groups excluding carboxylic acids is 4. The van der Waals surface area contributed by atoms with Crippen molar-refractivity contribution in [2.24, 2.45) is 5.92 Å². The molecule has 0 radical (unpaired) electrons. The molecule has 0 saturated carbocycles. The molecule has 0 unspecified atom stereocenters. The predicted molar refractivity (Wildman–Crippen MR) is 277 cm³/mol. The smallest absolute Gasteiger partial charge is 0.274 e. The number of piperazine rings is 2. The Hall–Kier alpha value is -6.40. The van der Waals surface area contributed by atoms with Crippen LogP contribution >= 0.6 is 0 Å². The van der Waals surface area contributed by atoms with Crippen LogP contribution in [0.4, 0.5) is 10.1 Å². The van der Waals surface area contributed by atoms with Crippen LogP contribution in [0.2, 0.25) is 0 Å². The minimum atomic E-state index is -0.608. The van der Waals surface area contributed by atoms with Gasteiger partial charge in [-0.2, -0.15) is 5.10 Å². The first-order valence-electron chi connectivity index (χ1n) is 26.2. The van der Waals surface area contributed by atoms with E-state index in [4.69, 9.17) is 9.72 Å². The summed E-state index contributed by atoms with van der Waals surface area (Å²) in [5.74, 6) is -0.945. The van der Waals surface area contributed by atoms with Gasteiger partial charge in [-0.3, -0.25) is 33.8 Å². The van der Waals surface area contributed by atoms with Crippen molar-refractivity contribution < 1.29 is 28.3 Å². The summed E-state index contributed by atoms with van der Waals surface area (Å²) in [5, 5.41) is 14.4. The Labute approximate surface area is 425 Å². The largest absolute Gasteiger partial charge is 0.368 e. The van der Waals surface area contributed by atoms with Crippen LogP contribution < -0.4 is 16.2 Å². The van der Waals surface area contributed by atoms with Gasteiger partial charge >= 0.3 is 0 Å². The summed E-state index contributed by atoms with van der Waals surface area (Å²) in [5.41, 5.74) is 4.40. The number of ether oxygens (including phenoxy) is 1. The zero-order valence-corrected chi connectivity index (χ0v) is 42.1. The highest BCUT2D eigenvalue weighted by atomic mass is 19.1. The van der Waals surface area contributed by atoms with Crippen LogP contribution in [0.25, 0.3) is 21.9 Å². The van der Waals surface area contributed by atoms with Gasteiger partial charge < -0.3 is 30.1 Å². The number of pyridine rings is 1. The van der Waals surface area contributed by atoms with E-state index >= 15 is 4.39 Å². The molecule has 0 aliphatic carbocycles. The number of likely N-dealkylation sites (tertiary alicyclic amines) is 1. The van der Waals surface area contributed by atoms with Crippen molar-refractivity contribution in [2.75, 3.05) is 96.9 Å². The monoisotopic (exact) mass is 995 g/mol. The number of carbonyl (C=O) groups is 4. The number of aromatic nitrogens is 3. The molecule has 5 fully saturated rings. The van der Waals surface area contributed by atoms with Crippen molar-refractivity contribution in [1.29, 1.82) is 0 Å². The Morgan fingerprint density at radius 3 is 2.21 bits per heavy atom. The molecule has 16 nitrogen and oxygen atoms in total. The molecule has 384 valence electrons.